The average molecular weight is 406 g/mol. The van der Waals surface area contributed by atoms with Crippen LogP contribution in [0.15, 0.2) is 10.9 Å². The van der Waals surface area contributed by atoms with Gasteiger partial charge in [-0.3, -0.25) is 14.3 Å². The molecule has 1 aromatic heterocycles. The van der Waals surface area contributed by atoms with Gasteiger partial charge in [-0.2, -0.15) is 0 Å². The molecule has 8 nitrogen and oxygen atoms in total. The van der Waals surface area contributed by atoms with E-state index in [0.717, 1.165) is 29.0 Å². The second kappa shape index (κ2) is 6.82. The SMILES string of the molecule is COc1c2c(cc3c1[C@H](c1c(O)n(C(C)C)c(=S)[nH]c1=O)[NH+](C)CC3)OCO2. The first-order chi connectivity index (χ1) is 13.3. The quantitative estimate of drug-likeness (QED) is 0.662. The molecule has 2 aliphatic heterocycles. The van der Waals surface area contributed by atoms with E-state index in [1.54, 1.807) is 11.7 Å². The van der Waals surface area contributed by atoms with Crippen molar-refractivity contribution in [3.63, 3.8) is 0 Å². The molecule has 0 amide bonds. The lowest BCUT2D eigenvalue weighted by molar-refractivity contribution is -0.908. The van der Waals surface area contributed by atoms with Crippen LogP contribution in [-0.4, -0.2) is 42.2 Å². The molecule has 0 bridgehead atoms. The summed E-state index contributed by atoms with van der Waals surface area (Å²) in [6, 6.07) is 1.41. The first kappa shape index (κ1) is 18.8. The van der Waals surface area contributed by atoms with Gasteiger partial charge in [0.1, 0.15) is 5.56 Å². The van der Waals surface area contributed by atoms with Crippen LogP contribution in [0.3, 0.4) is 0 Å². The minimum Gasteiger partial charge on any atom is -0.494 e. The summed E-state index contributed by atoms with van der Waals surface area (Å²) in [6.07, 6.45) is 0.798. The number of hydrogen-bond donors (Lipinski definition) is 3. The van der Waals surface area contributed by atoms with Crippen LogP contribution in [0.1, 0.15) is 42.6 Å². The second-order valence-corrected chi connectivity index (χ2v) is 7.84. The Balaban J connectivity index is 2.03. The number of aromatic hydroxyl groups is 1. The van der Waals surface area contributed by atoms with Gasteiger partial charge < -0.3 is 24.2 Å². The summed E-state index contributed by atoms with van der Waals surface area (Å²) in [6.45, 7) is 4.73. The predicted molar refractivity (Wildman–Crippen MR) is 104 cm³/mol. The van der Waals surface area contributed by atoms with E-state index >= 15 is 0 Å². The van der Waals surface area contributed by atoms with E-state index in [1.807, 2.05) is 27.0 Å². The molecule has 0 saturated heterocycles. The van der Waals surface area contributed by atoms with Crippen LogP contribution in [0.4, 0.5) is 0 Å². The molecule has 1 aromatic carbocycles. The van der Waals surface area contributed by atoms with Crippen molar-refractivity contribution in [3.05, 3.63) is 37.9 Å². The maximum atomic E-state index is 12.9. The number of fused-ring (bicyclic) bond motifs is 2. The largest absolute Gasteiger partial charge is 0.494 e. The number of ether oxygens (including phenoxy) is 3. The van der Waals surface area contributed by atoms with Crippen molar-refractivity contribution in [2.24, 2.45) is 0 Å². The monoisotopic (exact) mass is 406 g/mol. The number of likely N-dealkylation sites (N-methyl/N-ethyl adjacent to an activating group) is 1. The summed E-state index contributed by atoms with van der Waals surface area (Å²) in [7, 11) is 3.57. The number of hydrogen-bond acceptors (Lipinski definition) is 6. The molecule has 0 fully saturated rings. The van der Waals surface area contributed by atoms with Crippen LogP contribution >= 0.6 is 12.2 Å². The van der Waals surface area contributed by atoms with Crippen molar-refractivity contribution >= 4 is 12.2 Å². The van der Waals surface area contributed by atoms with Crippen molar-refractivity contribution in [1.29, 1.82) is 0 Å². The molecule has 1 unspecified atom stereocenters. The Labute approximate surface area is 167 Å². The zero-order valence-corrected chi connectivity index (χ0v) is 17.1. The Morgan fingerprint density at radius 2 is 2.14 bits per heavy atom. The van der Waals surface area contributed by atoms with E-state index in [2.05, 4.69) is 4.98 Å². The van der Waals surface area contributed by atoms with Crippen LogP contribution < -0.4 is 24.7 Å². The Morgan fingerprint density at radius 3 is 2.82 bits per heavy atom. The summed E-state index contributed by atoms with van der Waals surface area (Å²) < 4.78 is 18.6. The molecule has 3 N–H and O–H groups in total. The third kappa shape index (κ3) is 2.68. The lowest BCUT2D eigenvalue weighted by atomic mass is 9.87. The summed E-state index contributed by atoms with van der Waals surface area (Å²) in [4.78, 5) is 16.7. The van der Waals surface area contributed by atoms with Gasteiger partial charge >= 0.3 is 0 Å². The molecule has 0 aliphatic carbocycles. The van der Waals surface area contributed by atoms with E-state index in [4.69, 9.17) is 26.4 Å². The first-order valence-electron chi connectivity index (χ1n) is 9.24. The van der Waals surface area contributed by atoms with Gasteiger partial charge in [0.15, 0.2) is 22.3 Å². The third-order valence-corrected chi connectivity index (χ3v) is 5.77. The van der Waals surface area contributed by atoms with Gasteiger partial charge in [0.05, 0.1) is 26.3 Å². The first-order valence-corrected chi connectivity index (χ1v) is 9.65. The van der Waals surface area contributed by atoms with Crippen molar-refractivity contribution in [1.82, 2.24) is 9.55 Å². The zero-order valence-electron chi connectivity index (χ0n) is 16.3. The third-order valence-electron chi connectivity index (χ3n) is 5.48. The van der Waals surface area contributed by atoms with Crippen LogP contribution in [0, 0.1) is 4.77 Å². The molecule has 2 aromatic rings. The molecular weight excluding hydrogens is 382 g/mol. The van der Waals surface area contributed by atoms with Crippen molar-refractivity contribution in [3.8, 4) is 23.1 Å². The molecule has 2 atom stereocenters. The molecule has 28 heavy (non-hydrogen) atoms. The number of aromatic nitrogens is 2. The molecule has 0 spiro atoms. The fourth-order valence-electron chi connectivity index (χ4n) is 4.21. The summed E-state index contributed by atoms with van der Waals surface area (Å²) in [5, 5.41) is 11.0. The maximum absolute atomic E-state index is 12.9. The molecule has 0 radical (unpaired) electrons. The van der Waals surface area contributed by atoms with E-state index in [-0.39, 0.29) is 29.0 Å². The lowest BCUT2D eigenvalue weighted by Gasteiger charge is -2.33. The van der Waals surface area contributed by atoms with Crippen LogP contribution in [0.5, 0.6) is 23.1 Å². The number of H-pyrrole nitrogens is 1. The highest BCUT2D eigenvalue weighted by Gasteiger charge is 2.41. The topological polar surface area (TPSA) is 90.2 Å². The average Bonchev–Trinajstić information content (AvgIpc) is 3.09. The predicted octanol–water partition coefficient (Wildman–Crippen LogP) is 1.09. The number of quaternary nitrogens is 1. The van der Waals surface area contributed by atoms with Gasteiger partial charge in [-0.05, 0) is 37.7 Å². The summed E-state index contributed by atoms with van der Waals surface area (Å²) in [5.74, 6) is 1.62. The number of rotatable bonds is 3. The maximum Gasteiger partial charge on any atom is 0.265 e. The van der Waals surface area contributed by atoms with Crippen LogP contribution in [0.2, 0.25) is 0 Å². The number of nitrogens with one attached hydrogen (secondary N) is 2. The highest BCUT2D eigenvalue weighted by Crippen LogP contribution is 2.48. The Morgan fingerprint density at radius 1 is 1.39 bits per heavy atom. The number of benzene rings is 1. The molecule has 0 saturated carbocycles. The standard InChI is InChI=1S/C19H23N3O5S/c1-9(2)22-18(24)13(17(23)20-19(22)28)14-12-10(5-6-21(14)3)7-11-15(16(12)25-4)27-8-26-11/h7,9,14,24H,5-6,8H2,1-4H3,(H,20,23,28)/p+1/t14-/m1/s1. The number of aromatic amines is 1. The highest BCUT2D eigenvalue weighted by atomic mass is 32.1. The van der Waals surface area contributed by atoms with Gasteiger partial charge in [-0.25, -0.2) is 0 Å². The Kier molecular flexibility index (Phi) is 4.59. The van der Waals surface area contributed by atoms with Crippen LogP contribution in [0.25, 0.3) is 0 Å². The van der Waals surface area contributed by atoms with Crippen molar-refractivity contribution in [2.75, 3.05) is 27.5 Å². The molecule has 2 aliphatic rings. The molecular formula is C19H24N3O5S+. The molecule has 150 valence electrons. The Bertz CT molecular complexity index is 1060. The fraction of sp³-hybridized carbons (Fsp3) is 0.474. The highest BCUT2D eigenvalue weighted by molar-refractivity contribution is 7.71. The smallest absolute Gasteiger partial charge is 0.265 e. The van der Waals surface area contributed by atoms with Crippen molar-refractivity contribution in [2.45, 2.75) is 32.4 Å². The molecule has 3 heterocycles. The zero-order chi connectivity index (χ0) is 20.2. The van der Waals surface area contributed by atoms with Crippen LogP contribution in [-0.2, 0) is 6.42 Å². The van der Waals surface area contributed by atoms with E-state index < -0.39 is 11.6 Å². The summed E-state index contributed by atoms with van der Waals surface area (Å²) in [5.41, 5.74) is 1.74. The lowest BCUT2D eigenvalue weighted by Crippen LogP contribution is -3.10. The molecule has 9 heteroatoms. The second-order valence-electron chi connectivity index (χ2n) is 7.46. The Hall–Kier alpha value is -2.52. The number of methoxy groups -OCH3 is 1. The van der Waals surface area contributed by atoms with Gasteiger partial charge in [-0.15, -0.1) is 0 Å². The van der Waals surface area contributed by atoms with E-state index in [1.165, 1.54) is 0 Å². The minimum absolute atomic E-state index is 0.106. The van der Waals surface area contributed by atoms with Gasteiger partial charge in [0, 0.05) is 12.5 Å². The van der Waals surface area contributed by atoms with E-state index in [9.17, 15) is 9.90 Å². The molecule has 4 rings (SSSR count). The van der Waals surface area contributed by atoms with Gasteiger partial charge in [0.2, 0.25) is 18.4 Å². The number of nitrogens with zero attached hydrogens (tertiary/aromatic N) is 1. The van der Waals surface area contributed by atoms with Gasteiger partial charge in [-0.1, -0.05) is 0 Å². The minimum atomic E-state index is -0.433. The van der Waals surface area contributed by atoms with Crippen molar-refractivity contribution < 1.29 is 24.2 Å². The normalized spacial score (nSPS) is 20.3. The van der Waals surface area contributed by atoms with E-state index in [0.29, 0.717) is 17.2 Å². The van der Waals surface area contributed by atoms with Gasteiger partial charge in [0.25, 0.3) is 5.56 Å². The summed E-state index contributed by atoms with van der Waals surface area (Å²) >= 11 is 5.26. The fourth-order valence-corrected chi connectivity index (χ4v) is 4.60.